The quantitative estimate of drug-likeness (QED) is 0.532. The van der Waals surface area contributed by atoms with Gasteiger partial charge in [-0.15, -0.1) is 0 Å². The lowest BCUT2D eigenvalue weighted by molar-refractivity contribution is -0.143. The van der Waals surface area contributed by atoms with Crippen LogP contribution in [-0.2, 0) is 9.53 Å². The first-order valence-electron chi connectivity index (χ1n) is 5.47. The minimum atomic E-state index is -0.354. The fourth-order valence-corrected chi connectivity index (χ4v) is 1.86. The van der Waals surface area contributed by atoms with Crippen molar-refractivity contribution in [3.05, 3.63) is 41.0 Å². The van der Waals surface area contributed by atoms with E-state index in [1.807, 2.05) is 51.1 Å². The number of cyclic esters (lactones) is 1. The predicted molar refractivity (Wildman–Crippen MR) is 63.9 cm³/mol. The van der Waals surface area contributed by atoms with Crippen molar-refractivity contribution in [2.45, 2.75) is 32.8 Å². The van der Waals surface area contributed by atoms with Crippen LogP contribution in [0.2, 0.25) is 0 Å². The van der Waals surface area contributed by atoms with Crippen LogP contribution in [0.25, 0.3) is 6.08 Å². The molecule has 0 unspecified atom stereocenters. The first-order chi connectivity index (χ1) is 7.46. The van der Waals surface area contributed by atoms with Gasteiger partial charge in [0, 0.05) is 12.0 Å². The molecule has 2 heteroatoms. The molecular formula is C14H16O2. The summed E-state index contributed by atoms with van der Waals surface area (Å²) in [5, 5.41) is 0. The number of aryl methyl sites for hydroxylation is 1. The van der Waals surface area contributed by atoms with E-state index in [2.05, 4.69) is 0 Å². The van der Waals surface area contributed by atoms with Crippen LogP contribution in [0.15, 0.2) is 29.8 Å². The van der Waals surface area contributed by atoms with Crippen molar-refractivity contribution in [2.75, 3.05) is 0 Å². The van der Waals surface area contributed by atoms with E-state index >= 15 is 0 Å². The molecule has 2 nitrogen and oxygen atoms in total. The number of hydrogen-bond acceptors (Lipinski definition) is 2. The van der Waals surface area contributed by atoms with Gasteiger partial charge in [0.15, 0.2) is 0 Å². The predicted octanol–water partition coefficient (Wildman–Crippen LogP) is 3.10. The number of benzene rings is 1. The van der Waals surface area contributed by atoms with Crippen molar-refractivity contribution >= 4 is 12.0 Å². The monoisotopic (exact) mass is 216 g/mol. The maximum Gasteiger partial charge on any atom is 0.334 e. The van der Waals surface area contributed by atoms with Gasteiger partial charge in [-0.2, -0.15) is 0 Å². The van der Waals surface area contributed by atoms with E-state index in [4.69, 9.17) is 4.74 Å². The largest absolute Gasteiger partial charge is 0.456 e. The lowest BCUT2D eigenvalue weighted by Gasteiger charge is -2.13. The Labute approximate surface area is 95.9 Å². The number of hydrogen-bond donors (Lipinski definition) is 0. The Morgan fingerprint density at radius 2 is 1.88 bits per heavy atom. The highest BCUT2D eigenvalue weighted by molar-refractivity contribution is 5.96. The lowest BCUT2D eigenvalue weighted by Crippen LogP contribution is -2.17. The molecule has 16 heavy (non-hydrogen) atoms. The van der Waals surface area contributed by atoms with E-state index in [0.717, 1.165) is 11.1 Å². The van der Waals surface area contributed by atoms with Crippen LogP contribution < -0.4 is 0 Å². The Kier molecular flexibility index (Phi) is 2.58. The number of carbonyl (C=O) groups is 1. The third kappa shape index (κ3) is 2.32. The number of rotatable bonds is 1. The number of esters is 1. The molecular weight excluding hydrogens is 200 g/mol. The van der Waals surface area contributed by atoms with Crippen LogP contribution in [0.1, 0.15) is 31.4 Å². The van der Waals surface area contributed by atoms with Crippen LogP contribution in [0.4, 0.5) is 0 Å². The zero-order valence-corrected chi connectivity index (χ0v) is 9.91. The molecule has 0 N–H and O–H groups in total. The summed E-state index contributed by atoms with van der Waals surface area (Å²) < 4.78 is 5.25. The van der Waals surface area contributed by atoms with Crippen molar-refractivity contribution in [3.63, 3.8) is 0 Å². The summed E-state index contributed by atoms with van der Waals surface area (Å²) >= 11 is 0. The molecule has 1 fully saturated rings. The summed E-state index contributed by atoms with van der Waals surface area (Å²) in [5.41, 5.74) is 2.67. The van der Waals surface area contributed by atoms with Gasteiger partial charge >= 0.3 is 5.97 Å². The van der Waals surface area contributed by atoms with E-state index in [0.29, 0.717) is 6.42 Å². The van der Waals surface area contributed by atoms with Gasteiger partial charge in [-0.3, -0.25) is 0 Å². The van der Waals surface area contributed by atoms with Gasteiger partial charge in [0.05, 0.1) is 0 Å². The molecule has 1 aliphatic heterocycles. The third-order valence-electron chi connectivity index (χ3n) is 2.67. The van der Waals surface area contributed by atoms with Crippen LogP contribution >= 0.6 is 0 Å². The molecule has 84 valence electrons. The molecule has 0 aliphatic carbocycles. The van der Waals surface area contributed by atoms with Crippen molar-refractivity contribution < 1.29 is 9.53 Å². The molecule has 0 radical (unpaired) electrons. The first-order valence-corrected chi connectivity index (χ1v) is 5.47. The van der Waals surface area contributed by atoms with Gasteiger partial charge < -0.3 is 4.74 Å². The molecule has 1 heterocycles. The molecule has 1 aliphatic rings. The molecule has 0 atom stereocenters. The fraction of sp³-hybridized carbons (Fsp3) is 0.357. The van der Waals surface area contributed by atoms with Crippen molar-refractivity contribution in [2.24, 2.45) is 0 Å². The lowest BCUT2D eigenvalue weighted by atomic mass is 10.0. The zero-order valence-electron chi connectivity index (χ0n) is 9.91. The molecule has 0 aromatic heterocycles. The highest BCUT2D eigenvalue weighted by Crippen LogP contribution is 2.30. The molecule has 0 amide bonds. The summed E-state index contributed by atoms with van der Waals surface area (Å²) in [7, 11) is 0. The first kappa shape index (κ1) is 10.9. The second kappa shape index (κ2) is 3.78. The van der Waals surface area contributed by atoms with Crippen LogP contribution in [0.5, 0.6) is 0 Å². The maximum atomic E-state index is 11.6. The average Bonchev–Trinajstić information content (AvgIpc) is 2.44. The summed E-state index contributed by atoms with van der Waals surface area (Å²) in [5.74, 6) is -0.189. The topological polar surface area (TPSA) is 26.3 Å². The van der Waals surface area contributed by atoms with E-state index in [-0.39, 0.29) is 11.6 Å². The second-order valence-corrected chi connectivity index (χ2v) is 4.91. The Morgan fingerprint density at radius 1 is 1.25 bits per heavy atom. The normalized spacial score (nSPS) is 21.2. The second-order valence-electron chi connectivity index (χ2n) is 4.91. The standard InChI is InChI=1S/C14H16O2/c1-10-4-6-11(7-5-10)8-12-9-14(2,3)16-13(12)15/h4-8H,9H2,1-3H3/b12-8+. The van der Waals surface area contributed by atoms with Gasteiger partial charge in [-0.1, -0.05) is 29.8 Å². The summed E-state index contributed by atoms with van der Waals surface area (Å²) in [6.45, 7) is 5.91. The van der Waals surface area contributed by atoms with Crippen molar-refractivity contribution in [1.29, 1.82) is 0 Å². The van der Waals surface area contributed by atoms with Gasteiger partial charge in [-0.25, -0.2) is 4.79 Å². The molecule has 1 saturated heterocycles. The molecule has 2 rings (SSSR count). The van der Waals surface area contributed by atoms with Gasteiger partial charge in [0.2, 0.25) is 0 Å². The fourth-order valence-electron chi connectivity index (χ4n) is 1.86. The van der Waals surface area contributed by atoms with Crippen LogP contribution in [-0.4, -0.2) is 11.6 Å². The molecule has 0 spiro atoms. The smallest absolute Gasteiger partial charge is 0.334 e. The minimum absolute atomic E-state index is 0.189. The van der Waals surface area contributed by atoms with E-state index in [1.54, 1.807) is 0 Å². The number of carbonyl (C=O) groups excluding carboxylic acids is 1. The van der Waals surface area contributed by atoms with E-state index in [9.17, 15) is 4.79 Å². The Bertz CT molecular complexity index is 438. The van der Waals surface area contributed by atoms with E-state index < -0.39 is 0 Å². The molecule has 0 saturated carbocycles. The van der Waals surface area contributed by atoms with Gasteiger partial charge in [0.25, 0.3) is 0 Å². The van der Waals surface area contributed by atoms with E-state index in [1.165, 1.54) is 5.56 Å². The molecule has 1 aromatic carbocycles. The highest BCUT2D eigenvalue weighted by Gasteiger charge is 2.35. The SMILES string of the molecule is Cc1ccc(/C=C2\CC(C)(C)OC2=O)cc1. The van der Waals surface area contributed by atoms with Crippen LogP contribution in [0.3, 0.4) is 0 Å². The Balaban J connectivity index is 2.25. The van der Waals surface area contributed by atoms with Crippen LogP contribution in [0, 0.1) is 6.92 Å². The number of ether oxygens (including phenoxy) is 1. The summed E-state index contributed by atoms with van der Waals surface area (Å²) in [4.78, 5) is 11.6. The maximum absolute atomic E-state index is 11.6. The van der Waals surface area contributed by atoms with Crippen molar-refractivity contribution in [1.82, 2.24) is 0 Å². The van der Waals surface area contributed by atoms with Crippen molar-refractivity contribution in [3.8, 4) is 0 Å². The summed E-state index contributed by atoms with van der Waals surface area (Å²) in [6.07, 6.45) is 2.59. The summed E-state index contributed by atoms with van der Waals surface area (Å²) in [6, 6.07) is 8.11. The molecule has 0 bridgehead atoms. The van der Waals surface area contributed by atoms with Gasteiger partial charge in [-0.05, 0) is 32.4 Å². The zero-order chi connectivity index (χ0) is 11.8. The highest BCUT2D eigenvalue weighted by atomic mass is 16.6. The Hall–Kier alpha value is -1.57. The minimum Gasteiger partial charge on any atom is -0.456 e. The molecule has 1 aromatic rings. The Morgan fingerprint density at radius 3 is 2.38 bits per heavy atom. The average molecular weight is 216 g/mol. The van der Waals surface area contributed by atoms with Gasteiger partial charge in [0.1, 0.15) is 5.60 Å². The third-order valence-corrected chi connectivity index (χ3v) is 2.67.